The molecule has 0 spiro atoms. The fourth-order valence-corrected chi connectivity index (χ4v) is 1.83. The number of rotatable bonds is 4. The molecule has 2 rings (SSSR count). The Kier molecular flexibility index (Phi) is 3.64. The highest BCUT2D eigenvalue weighted by Crippen LogP contribution is 2.26. The molecule has 0 fully saturated rings. The minimum atomic E-state index is -2.86. The third-order valence-electron chi connectivity index (χ3n) is 2.93. The standard InChI is InChI=1S/C14H12F2O3/c1-8(13(17)18)9-2-3-11-7-12(19-14(15)16)5-4-10(11)6-9/h2-8,14H,1H3,(H,17,18). The van der Waals surface area contributed by atoms with Crippen molar-refractivity contribution in [1.29, 1.82) is 0 Å². The van der Waals surface area contributed by atoms with E-state index in [2.05, 4.69) is 4.74 Å². The van der Waals surface area contributed by atoms with Gasteiger partial charge in [-0.15, -0.1) is 0 Å². The van der Waals surface area contributed by atoms with Crippen LogP contribution in [0, 0.1) is 0 Å². The van der Waals surface area contributed by atoms with E-state index in [-0.39, 0.29) is 5.75 Å². The highest BCUT2D eigenvalue weighted by molar-refractivity contribution is 5.86. The molecule has 0 aromatic heterocycles. The van der Waals surface area contributed by atoms with E-state index in [4.69, 9.17) is 5.11 Å². The van der Waals surface area contributed by atoms with E-state index in [1.54, 1.807) is 31.2 Å². The van der Waals surface area contributed by atoms with Crippen molar-refractivity contribution >= 4 is 16.7 Å². The molecule has 0 amide bonds. The number of aliphatic carboxylic acids is 1. The fourth-order valence-electron chi connectivity index (χ4n) is 1.83. The summed E-state index contributed by atoms with van der Waals surface area (Å²) in [6.07, 6.45) is 0. The lowest BCUT2D eigenvalue weighted by Gasteiger charge is -2.09. The second kappa shape index (κ2) is 5.22. The molecule has 100 valence electrons. The van der Waals surface area contributed by atoms with Crippen molar-refractivity contribution in [2.45, 2.75) is 19.5 Å². The molecule has 0 aliphatic heterocycles. The van der Waals surface area contributed by atoms with Gasteiger partial charge in [0.1, 0.15) is 5.75 Å². The van der Waals surface area contributed by atoms with Gasteiger partial charge >= 0.3 is 12.6 Å². The zero-order valence-corrected chi connectivity index (χ0v) is 10.1. The molecule has 0 heterocycles. The van der Waals surface area contributed by atoms with Crippen molar-refractivity contribution < 1.29 is 23.4 Å². The van der Waals surface area contributed by atoms with E-state index in [9.17, 15) is 13.6 Å². The van der Waals surface area contributed by atoms with Crippen LogP contribution in [-0.4, -0.2) is 17.7 Å². The second-order valence-electron chi connectivity index (χ2n) is 4.21. The molecule has 0 saturated carbocycles. The smallest absolute Gasteiger partial charge is 0.387 e. The van der Waals surface area contributed by atoms with Crippen LogP contribution in [0.2, 0.25) is 0 Å². The third kappa shape index (κ3) is 2.99. The Hall–Kier alpha value is -2.17. The Bertz CT molecular complexity index is 611. The van der Waals surface area contributed by atoms with E-state index in [0.717, 1.165) is 10.8 Å². The van der Waals surface area contributed by atoms with Crippen LogP contribution in [0.3, 0.4) is 0 Å². The van der Waals surface area contributed by atoms with E-state index >= 15 is 0 Å². The van der Waals surface area contributed by atoms with Gasteiger partial charge < -0.3 is 9.84 Å². The number of fused-ring (bicyclic) bond motifs is 1. The van der Waals surface area contributed by atoms with Crippen LogP contribution in [0.1, 0.15) is 18.4 Å². The van der Waals surface area contributed by atoms with Gasteiger partial charge in [-0.1, -0.05) is 24.3 Å². The van der Waals surface area contributed by atoms with Gasteiger partial charge in [0.25, 0.3) is 0 Å². The summed E-state index contributed by atoms with van der Waals surface area (Å²) in [5.41, 5.74) is 0.669. The van der Waals surface area contributed by atoms with E-state index in [0.29, 0.717) is 5.56 Å². The fraction of sp³-hybridized carbons (Fsp3) is 0.214. The lowest BCUT2D eigenvalue weighted by Crippen LogP contribution is -2.07. The molecule has 1 atom stereocenters. The first kappa shape index (κ1) is 13.3. The Balaban J connectivity index is 2.37. The van der Waals surface area contributed by atoms with Crippen LogP contribution in [0.5, 0.6) is 5.75 Å². The molecular weight excluding hydrogens is 254 g/mol. The quantitative estimate of drug-likeness (QED) is 0.919. The van der Waals surface area contributed by atoms with Gasteiger partial charge in [0.05, 0.1) is 5.92 Å². The zero-order valence-electron chi connectivity index (χ0n) is 10.1. The van der Waals surface area contributed by atoms with Crippen molar-refractivity contribution in [2.75, 3.05) is 0 Å². The number of carboxylic acids is 1. The van der Waals surface area contributed by atoms with Gasteiger partial charge in [-0.2, -0.15) is 8.78 Å². The van der Waals surface area contributed by atoms with Crippen molar-refractivity contribution in [3.63, 3.8) is 0 Å². The largest absolute Gasteiger partial charge is 0.481 e. The molecular formula is C14H12F2O3. The molecule has 19 heavy (non-hydrogen) atoms. The Morgan fingerprint density at radius 1 is 1.16 bits per heavy atom. The van der Waals surface area contributed by atoms with E-state index in [1.165, 1.54) is 12.1 Å². The van der Waals surface area contributed by atoms with Gasteiger partial charge in [0.2, 0.25) is 0 Å². The van der Waals surface area contributed by atoms with Gasteiger partial charge in [0.15, 0.2) is 0 Å². The minimum absolute atomic E-state index is 0.0848. The van der Waals surface area contributed by atoms with Crippen LogP contribution in [-0.2, 0) is 4.79 Å². The molecule has 2 aromatic rings. The topological polar surface area (TPSA) is 46.5 Å². The molecule has 3 nitrogen and oxygen atoms in total. The lowest BCUT2D eigenvalue weighted by atomic mass is 9.98. The molecule has 1 unspecified atom stereocenters. The number of ether oxygens (including phenoxy) is 1. The second-order valence-corrected chi connectivity index (χ2v) is 4.21. The number of carboxylic acid groups (broad SMARTS) is 1. The molecule has 1 N–H and O–H groups in total. The van der Waals surface area contributed by atoms with Crippen LogP contribution in [0.4, 0.5) is 8.78 Å². The first-order chi connectivity index (χ1) is 8.97. The van der Waals surface area contributed by atoms with Crippen LogP contribution < -0.4 is 4.74 Å². The molecule has 5 heteroatoms. The summed E-state index contributed by atoms with van der Waals surface area (Å²) in [5.74, 6) is -1.43. The van der Waals surface area contributed by atoms with Crippen molar-refractivity contribution in [3.8, 4) is 5.75 Å². The monoisotopic (exact) mass is 266 g/mol. The first-order valence-corrected chi connectivity index (χ1v) is 5.68. The predicted octanol–water partition coefficient (Wildman–Crippen LogP) is 3.63. The van der Waals surface area contributed by atoms with Crippen LogP contribution >= 0.6 is 0 Å². The van der Waals surface area contributed by atoms with Crippen LogP contribution in [0.25, 0.3) is 10.8 Å². The van der Waals surface area contributed by atoms with Crippen LogP contribution in [0.15, 0.2) is 36.4 Å². The number of halogens is 2. The maximum absolute atomic E-state index is 12.1. The maximum atomic E-state index is 12.1. The summed E-state index contributed by atoms with van der Waals surface area (Å²) >= 11 is 0. The molecule has 0 saturated heterocycles. The average molecular weight is 266 g/mol. The van der Waals surface area contributed by atoms with Gasteiger partial charge in [-0.25, -0.2) is 0 Å². The van der Waals surface area contributed by atoms with Crippen molar-refractivity contribution in [3.05, 3.63) is 42.0 Å². The minimum Gasteiger partial charge on any atom is -0.481 e. The maximum Gasteiger partial charge on any atom is 0.387 e. The summed E-state index contributed by atoms with van der Waals surface area (Å²) in [6, 6.07) is 9.67. The van der Waals surface area contributed by atoms with Crippen molar-refractivity contribution in [1.82, 2.24) is 0 Å². The summed E-state index contributed by atoms with van der Waals surface area (Å²) in [7, 11) is 0. The summed E-state index contributed by atoms with van der Waals surface area (Å²) in [6.45, 7) is -1.26. The van der Waals surface area contributed by atoms with E-state index in [1.807, 2.05) is 0 Å². The summed E-state index contributed by atoms with van der Waals surface area (Å²) in [5, 5.41) is 10.5. The molecule has 0 aliphatic rings. The number of hydrogen-bond donors (Lipinski definition) is 1. The summed E-state index contributed by atoms with van der Waals surface area (Å²) in [4.78, 5) is 10.9. The first-order valence-electron chi connectivity index (χ1n) is 5.68. The predicted molar refractivity (Wildman–Crippen MR) is 66.6 cm³/mol. The molecule has 2 aromatic carbocycles. The zero-order chi connectivity index (χ0) is 14.0. The molecule has 0 aliphatic carbocycles. The average Bonchev–Trinajstić information content (AvgIpc) is 2.36. The molecule has 0 radical (unpaired) electrons. The summed E-state index contributed by atoms with van der Waals surface area (Å²) < 4.78 is 28.5. The third-order valence-corrected chi connectivity index (χ3v) is 2.93. The molecule has 0 bridgehead atoms. The number of hydrogen-bond acceptors (Lipinski definition) is 2. The van der Waals surface area contributed by atoms with Gasteiger partial charge in [0, 0.05) is 0 Å². The van der Waals surface area contributed by atoms with Gasteiger partial charge in [-0.3, -0.25) is 4.79 Å². The van der Waals surface area contributed by atoms with Crippen molar-refractivity contribution in [2.24, 2.45) is 0 Å². The number of benzene rings is 2. The SMILES string of the molecule is CC(C(=O)O)c1ccc2cc(OC(F)F)ccc2c1. The Labute approximate surface area is 108 Å². The lowest BCUT2D eigenvalue weighted by molar-refractivity contribution is -0.138. The highest BCUT2D eigenvalue weighted by atomic mass is 19.3. The highest BCUT2D eigenvalue weighted by Gasteiger charge is 2.14. The van der Waals surface area contributed by atoms with E-state index < -0.39 is 18.5 Å². The number of alkyl halides is 2. The Morgan fingerprint density at radius 2 is 1.79 bits per heavy atom. The Morgan fingerprint density at radius 3 is 2.42 bits per heavy atom. The number of carbonyl (C=O) groups is 1. The van der Waals surface area contributed by atoms with Gasteiger partial charge in [-0.05, 0) is 35.4 Å². The normalized spacial score (nSPS) is 12.6.